The van der Waals surface area contributed by atoms with E-state index in [9.17, 15) is 10.1 Å². The number of hydrogen-bond donors (Lipinski definition) is 2. The lowest BCUT2D eigenvalue weighted by Gasteiger charge is -2.05. The molecule has 1 heterocycles. The Labute approximate surface area is 76.2 Å². The average molecular weight is 189 g/mol. The molecule has 0 saturated heterocycles. The Morgan fingerprint density at radius 1 is 1.92 bits per heavy atom. The fraction of sp³-hybridized carbons (Fsp3) is 0.500. The van der Waals surface area contributed by atoms with Crippen molar-refractivity contribution in [3.63, 3.8) is 0 Å². The molecule has 0 radical (unpaired) electrons. The van der Waals surface area contributed by atoms with Crippen LogP contribution in [0.1, 0.15) is 2.74 Å². The van der Waals surface area contributed by atoms with Gasteiger partial charge in [-0.25, -0.2) is 4.57 Å². The molecule has 2 N–H and O–H groups in total. The van der Waals surface area contributed by atoms with Crippen LogP contribution in [0.5, 0.6) is 0 Å². The third-order valence-electron chi connectivity index (χ3n) is 1.25. The molecule has 0 aliphatic rings. The SMILES string of the molecule is [2H]C([2H])(C(O)CO)n1ccnc1[N+](=O)[O-]. The van der Waals surface area contributed by atoms with Gasteiger partial charge in [0.25, 0.3) is 0 Å². The Morgan fingerprint density at radius 2 is 2.62 bits per heavy atom. The molecule has 1 rings (SSSR count). The first-order chi connectivity index (χ1) is 6.91. The second-order valence-corrected chi connectivity index (χ2v) is 2.18. The molecule has 7 nitrogen and oxygen atoms in total. The summed E-state index contributed by atoms with van der Waals surface area (Å²) < 4.78 is 15.4. The summed E-state index contributed by atoms with van der Waals surface area (Å²) >= 11 is 0. The van der Waals surface area contributed by atoms with E-state index in [1.165, 1.54) is 0 Å². The first-order valence-corrected chi connectivity index (χ1v) is 3.38. The number of aliphatic hydroxyl groups is 2. The Balaban J connectivity index is 3.14. The standard InChI is InChI=1S/C6H9N3O4/c10-4-5(11)3-8-2-1-7-6(8)9(12)13/h1-2,5,10-11H,3-4H2/i3D2. The summed E-state index contributed by atoms with van der Waals surface area (Å²) in [5.74, 6) is -0.729. The van der Waals surface area contributed by atoms with Crippen LogP contribution in [-0.2, 0) is 6.50 Å². The molecule has 1 aromatic heterocycles. The monoisotopic (exact) mass is 189 g/mol. The van der Waals surface area contributed by atoms with Gasteiger partial charge in [-0.1, -0.05) is 4.98 Å². The molecule has 0 bridgehead atoms. The molecule has 0 aromatic carbocycles. The van der Waals surface area contributed by atoms with Crippen LogP contribution in [0, 0.1) is 10.1 Å². The summed E-state index contributed by atoms with van der Waals surface area (Å²) in [4.78, 5) is 12.9. The zero-order chi connectivity index (χ0) is 11.6. The molecule has 72 valence electrons. The minimum atomic E-state index is -2.48. The van der Waals surface area contributed by atoms with Gasteiger partial charge in [-0.05, 0) is 4.92 Å². The van der Waals surface area contributed by atoms with Crippen LogP contribution in [0.15, 0.2) is 12.4 Å². The first kappa shape index (κ1) is 6.98. The van der Waals surface area contributed by atoms with Crippen LogP contribution < -0.4 is 0 Å². The van der Waals surface area contributed by atoms with Crippen molar-refractivity contribution >= 4 is 5.95 Å². The Kier molecular flexibility index (Phi) is 2.13. The number of nitro groups is 1. The predicted molar refractivity (Wildman–Crippen MR) is 42.0 cm³/mol. The molecule has 0 amide bonds. The lowest BCUT2D eigenvalue weighted by Crippen LogP contribution is -2.20. The van der Waals surface area contributed by atoms with Crippen LogP contribution in [0.4, 0.5) is 5.95 Å². The maximum Gasteiger partial charge on any atom is 0.434 e. The number of hydrogen-bond acceptors (Lipinski definition) is 5. The second-order valence-electron chi connectivity index (χ2n) is 2.18. The minimum Gasteiger partial charge on any atom is -0.394 e. The summed E-state index contributed by atoms with van der Waals surface area (Å²) in [7, 11) is 0. The van der Waals surface area contributed by atoms with E-state index in [0.29, 0.717) is 4.57 Å². The molecule has 1 atom stereocenters. The summed E-state index contributed by atoms with van der Waals surface area (Å²) in [5, 5.41) is 28.2. The largest absolute Gasteiger partial charge is 0.434 e. The van der Waals surface area contributed by atoms with Crippen molar-refractivity contribution in [2.24, 2.45) is 0 Å². The lowest BCUT2D eigenvalue weighted by molar-refractivity contribution is -0.397. The van der Waals surface area contributed by atoms with Gasteiger partial charge < -0.3 is 20.3 Å². The van der Waals surface area contributed by atoms with E-state index in [4.69, 9.17) is 13.0 Å². The molecule has 1 aromatic rings. The molecule has 7 heteroatoms. The minimum absolute atomic E-state index is 0.563. The van der Waals surface area contributed by atoms with Crippen molar-refractivity contribution in [1.29, 1.82) is 0 Å². The smallest absolute Gasteiger partial charge is 0.394 e. The summed E-state index contributed by atoms with van der Waals surface area (Å²) in [6.07, 6.45) is 0.308. The fourth-order valence-electron chi connectivity index (χ4n) is 0.733. The number of aliphatic hydroxyl groups excluding tert-OH is 2. The van der Waals surface area contributed by atoms with Crippen molar-refractivity contribution < 1.29 is 17.9 Å². The van der Waals surface area contributed by atoms with E-state index < -0.39 is 30.1 Å². The van der Waals surface area contributed by atoms with Crippen molar-refractivity contribution in [3.05, 3.63) is 22.5 Å². The van der Waals surface area contributed by atoms with E-state index >= 15 is 0 Å². The summed E-state index contributed by atoms with van der Waals surface area (Å²) in [5.41, 5.74) is 0. The third-order valence-corrected chi connectivity index (χ3v) is 1.25. The normalized spacial score (nSPS) is 16.2. The van der Waals surface area contributed by atoms with E-state index in [0.717, 1.165) is 12.4 Å². The topological polar surface area (TPSA) is 101 Å². The number of nitrogens with zero attached hydrogens (tertiary/aromatic N) is 3. The highest BCUT2D eigenvalue weighted by Gasteiger charge is 2.16. The van der Waals surface area contributed by atoms with Crippen LogP contribution >= 0.6 is 0 Å². The molecular formula is C6H9N3O4. The van der Waals surface area contributed by atoms with Crippen LogP contribution in [0.3, 0.4) is 0 Å². The highest BCUT2D eigenvalue weighted by molar-refractivity contribution is 5.06. The van der Waals surface area contributed by atoms with Crippen molar-refractivity contribution in [1.82, 2.24) is 9.55 Å². The fourth-order valence-corrected chi connectivity index (χ4v) is 0.733. The van der Waals surface area contributed by atoms with Gasteiger partial charge in [-0.2, -0.15) is 0 Å². The number of rotatable bonds is 4. The van der Waals surface area contributed by atoms with Gasteiger partial charge in [0.2, 0.25) is 0 Å². The predicted octanol–water partition coefficient (Wildman–Crippen LogP) is -0.856. The lowest BCUT2D eigenvalue weighted by atomic mass is 10.4. The molecular weight excluding hydrogens is 178 g/mol. The third kappa shape index (κ3) is 2.23. The highest BCUT2D eigenvalue weighted by atomic mass is 16.6. The van der Waals surface area contributed by atoms with E-state index in [-0.39, 0.29) is 0 Å². The van der Waals surface area contributed by atoms with Crippen molar-refractivity contribution in [3.8, 4) is 0 Å². The zero-order valence-electron chi connectivity index (χ0n) is 8.49. The van der Waals surface area contributed by atoms with Crippen LogP contribution in [0.25, 0.3) is 0 Å². The summed E-state index contributed by atoms with van der Waals surface area (Å²) in [6, 6.07) is 0. The van der Waals surface area contributed by atoms with Crippen LogP contribution in [0.2, 0.25) is 0 Å². The molecule has 0 spiro atoms. The van der Waals surface area contributed by atoms with Gasteiger partial charge in [0.05, 0.1) is 15.8 Å². The molecule has 13 heavy (non-hydrogen) atoms. The highest BCUT2D eigenvalue weighted by Crippen LogP contribution is 2.07. The molecule has 0 aliphatic carbocycles. The number of imidazole rings is 1. The van der Waals surface area contributed by atoms with Gasteiger partial charge >= 0.3 is 5.95 Å². The zero-order valence-corrected chi connectivity index (χ0v) is 6.49. The van der Waals surface area contributed by atoms with Gasteiger partial charge in [0, 0.05) is 0 Å². The molecule has 0 fully saturated rings. The maximum absolute atomic E-state index is 10.5. The Bertz CT molecular complexity index is 367. The van der Waals surface area contributed by atoms with Crippen molar-refractivity contribution in [2.45, 2.75) is 12.6 Å². The molecule has 0 saturated carbocycles. The van der Waals surface area contributed by atoms with E-state index in [1.54, 1.807) is 0 Å². The van der Waals surface area contributed by atoms with Crippen molar-refractivity contribution in [2.75, 3.05) is 6.61 Å². The Morgan fingerprint density at radius 3 is 3.15 bits per heavy atom. The summed E-state index contributed by atoms with van der Waals surface area (Å²) in [6.45, 7) is -3.32. The molecule has 0 aliphatic heterocycles. The van der Waals surface area contributed by atoms with Gasteiger partial charge in [-0.15, -0.1) is 0 Å². The van der Waals surface area contributed by atoms with Gasteiger partial charge in [0.15, 0.2) is 0 Å². The van der Waals surface area contributed by atoms with E-state index in [2.05, 4.69) is 4.98 Å². The molecule has 1 unspecified atom stereocenters. The average Bonchev–Trinajstić information content (AvgIpc) is 2.65. The first-order valence-electron chi connectivity index (χ1n) is 4.38. The van der Waals surface area contributed by atoms with E-state index in [1.807, 2.05) is 0 Å². The van der Waals surface area contributed by atoms with Gasteiger partial charge in [-0.3, -0.25) is 0 Å². The number of aromatic nitrogens is 2. The maximum atomic E-state index is 10.5. The van der Waals surface area contributed by atoms with Gasteiger partial charge in [0.1, 0.15) is 18.5 Å². The Hall–Kier alpha value is -1.47. The van der Waals surface area contributed by atoms with Crippen LogP contribution in [-0.4, -0.2) is 37.4 Å². The quantitative estimate of drug-likeness (QED) is 0.474. The second kappa shape index (κ2) is 3.97.